The summed E-state index contributed by atoms with van der Waals surface area (Å²) in [6.07, 6.45) is 2.24. The highest BCUT2D eigenvalue weighted by Gasteiger charge is 2.26. The number of hydrogen-bond acceptors (Lipinski definition) is 6. The molecular weight excluding hydrogens is 372 g/mol. The number of methoxy groups -OCH3 is 1. The monoisotopic (exact) mass is 398 g/mol. The summed E-state index contributed by atoms with van der Waals surface area (Å²) in [5, 5.41) is 17.0. The van der Waals surface area contributed by atoms with Crippen LogP contribution in [0, 0.1) is 10.1 Å². The Morgan fingerprint density at radius 2 is 1.97 bits per heavy atom. The van der Waals surface area contributed by atoms with Crippen LogP contribution < -0.4 is 15.4 Å². The summed E-state index contributed by atoms with van der Waals surface area (Å²) < 4.78 is 5.52. The van der Waals surface area contributed by atoms with Crippen molar-refractivity contribution >= 4 is 17.3 Å². The average molecular weight is 398 g/mol. The van der Waals surface area contributed by atoms with Crippen LogP contribution in [0.25, 0.3) is 0 Å². The van der Waals surface area contributed by atoms with E-state index >= 15 is 0 Å². The fourth-order valence-corrected chi connectivity index (χ4v) is 3.76. The molecule has 0 radical (unpaired) electrons. The van der Waals surface area contributed by atoms with E-state index in [9.17, 15) is 14.9 Å². The van der Waals surface area contributed by atoms with Gasteiger partial charge in [-0.1, -0.05) is 18.2 Å². The molecule has 1 fully saturated rings. The van der Waals surface area contributed by atoms with Crippen LogP contribution in [0.15, 0.2) is 42.5 Å². The SMILES string of the molecule is CNc1ccc(C(=O)NCC(c2ccccc2OC)N2CCCC2)cc1[N+](=O)[O-]. The number of carbonyl (C=O) groups excluding carboxylic acids is 1. The minimum atomic E-state index is -0.496. The van der Waals surface area contributed by atoms with Crippen LogP contribution in [0.4, 0.5) is 11.4 Å². The van der Waals surface area contributed by atoms with Crippen molar-refractivity contribution < 1.29 is 14.5 Å². The molecule has 0 aromatic heterocycles. The van der Waals surface area contributed by atoms with E-state index in [0.29, 0.717) is 12.2 Å². The first-order valence-corrected chi connectivity index (χ1v) is 9.66. The van der Waals surface area contributed by atoms with Gasteiger partial charge in [0.25, 0.3) is 11.6 Å². The third-order valence-electron chi connectivity index (χ3n) is 5.26. The molecule has 1 atom stereocenters. The Kier molecular flexibility index (Phi) is 6.66. The fraction of sp³-hybridized carbons (Fsp3) is 0.381. The average Bonchev–Trinajstić information content (AvgIpc) is 3.28. The molecule has 0 bridgehead atoms. The molecular formula is C21H26N4O4. The topological polar surface area (TPSA) is 96.7 Å². The van der Waals surface area contributed by atoms with E-state index in [-0.39, 0.29) is 23.2 Å². The molecule has 0 spiro atoms. The number of nitrogens with one attached hydrogen (secondary N) is 2. The first-order chi connectivity index (χ1) is 14.0. The number of nitro benzene ring substituents is 1. The van der Waals surface area contributed by atoms with Crippen molar-refractivity contribution in [2.45, 2.75) is 18.9 Å². The third-order valence-corrected chi connectivity index (χ3v) is 5.26. The highest BCUT2D eigenvalue weighted by Crippen LogP contribution is 2.31. The minimum absolute atomic E-state index is 0.0239. The second-order valence-corrected chi connectivity index (χ2v) is 6.95. The van der Waals surface area contributed by atoms with Gasteiger partial charge in [-0.15, -0.1) is 0 Å². The van der Waals surface area contributed by atoms with Gasteiger partial charge in [-0.05, 0) is 44.1 Å². The lowest BCUT2D eigenvalue weighted by molar-refractivity contribution is -0.384. The number of nitro groups is 1. The number of likely N-dealkylation sites (tertiary alicyclic amines) is 1. The van der Waals surface area contributed by atoms with E-state index in [2.05, 4.69) is 15.5 Å². The molecule has 1 unspecified atom stereocenters. The Morgan fingerprint density at radius 1 is 1.24 bits per heavy atom. The van der Waals surface area contributed by atoms with E-state index in [1.54, 1.807) is 26.3 Å². The molecule has 1 aliphatic rings. The molecule has 8 heteroatoms. The van der Waals surface area contributed by atoms with Gasteiger partial charge in [-0.3, -0.25) is 19.8 Å². The Bertz CT molecular complexity index is 881. The molecule has 2 aromatic carbocycles. The van der Waals surface area contributed by atoms with E-state index < -0.39 is 4.92 Å². The molecule has 1 aliphatic heterocycles. The van der Waals surface area contributed by atoms with Crippen LogP contribution in [-0.4, -0.2) is 49.5 Å². The van der Waals surface area contributed by atoms with Crippen molar-refractivity contribution in [2.75, 3.05) is 39.1 Å². The molecule has 2 aromatic rings. The maximum atomic E-state index is 12.7. The molecule has 0 saturated carbocycles. The van der Waals surface area contributed by atoms with Crippen LogP contribution in [-0.2, 0) is 0 Å². The van der Waals surface area contributed by atoms with Crippen molar-refractivity contribution in [3.05, 3.63) is 63.7 Å². The number of para-hydroxylation sites is 1. The third kappa shape index (κ3) is 4.65. The summed E-state index contributed by atoms with van der Waals surface area (Å²) in [6, 6.07) is 12.2. The molecule has 29 heavy (non-hydrogen) atoms. The Balaban J connectivity index is 1.80. The molecule has 154 valence electrons. The number of anilines is 1. The molecule has 2 N–H and O–H groups in total. The first-order valence-electron chi connectivity index (χ1n) is 9.66. The van der Waals surface area contributed by atoms with Gasteiger partial charge in [0.15, 0.2) is 0 Å². The second-order valence-electron chi connectivity index (χ2n) is 6.95. The lowest BCUT2D eigenvalue weighted by atomic mass is 10.0. The standard InChI is InChI=1S/C21H26N4O4/c1-22-17-10-9-15(13-18(17)25(27)28)21(26)23-14-19(24-11-5-6-12-24)16-7-3-4-8-20(16)29-2/h3-4,7-10,13,19,22H,5-6,11-12,14H2,1-2H3,(H,23,26). The highest BCUT2D eigenvalue weighted by atomic mass is 16.6. The predicted molar refractivity (Wildman–Crippen MR) is 112 cm³/mol. The van der Waals surface area contributed by atoms with E-state index in [0.717, 1.165) is 37.2 Å². The first kappa shape index (κ1) is 20.6. The Morgan fingerprint density at radius 3 is 2.62 bits per heavy atom. The Hall–Kier alpha value is -3.13. The summed E-state index contributed by atoms with van der Waals surface area (Å²) >= 11 is 0. The van der Waals surface area contributed by atoms with Crippen molar-refractivity contribution in [2.24, 2.45) is 0 Å². The summed E-state index contributed by atoms with van der Waals surface area (Å²) in [4.78, 5) is 25.8. The van der Waals surface area contributed by atoms with Crippen LogP contribution in [0.2, 0.25) is 0 Å². The zero-order valence-electron chi connectivity index (χ0n) is 16.7. The van der Waals surface area contributed by atoms with Gasteiger partial charge in [-0.25, -0.2) is 0 Å². The second kappa shape index (κ2) is 9.38. The normalized spacial score (nSPS) is 15.0. The van der Waals surface area contributed by atoms with Crippen LogP contribution in [0.1, 0.15) is 34.8 Å². The molecule has 3 rings (SSSR count). The number of ether oxygens (including phenoxy) is 1. The zero-order valence-corrected chi connectivity index (χ0v) is 16.7. The summed E-state index contributed by atoms with van der Waals surface area (Å²) in [5.41, 5.74) is 1.53. The smallest absolute Gasteiger partial charge is 0.293 e. The largest absolute Gasteiger partial charge is 0.496 e. The number of amides is 1. The van der Waals surface area contributed by atoms with Gasteiger partial charge in [0.05, 0.1) is 18.1 Å². The molecule has 0 aliphatic carbocycles. The number of carbonyl (C=O) groups is 1. The van der Waals surface area contributed by atoms with Gasteiger partial charge < -0.3 is 15.4 Å². The van der Waals surface area contributed by atoms with Crippen molar-refractivity contribution in [1.82, 2.24) is 10.2 Å². The summed E-state index contributed by atoms with van der Waals surface area (Å²) in [6.45, 7) is 2.31. The molecule has 1 amide bonds. The molecule has 1 saturated heterocycles. The highest BCUT2D eigenvalue weighted by molar-refractivity contribution is 5.95. The van der Waals surface area contributed by atoms with Gasteiger partial charge in [0.2, 0.25) is 0 Å². The van der Waals surface area contributed by atoms with E-state index in [4.69, 9.17) is 4.74 Å². The van der Waals surface area contributed by atoms with Crippen LogP contribution in [0.5, 0.6) is 5.75 Å². The number of benzene rings is 2. The van der Waals surface area contributed by atoms with Crippen molar-refractivity contribution in [3.8, 4) is 5.75 Å². The lowest BCUT2D eigenvalue weighted by Crippen LogP contribution is -2.37. The quantitative estimate of drug-likeness (QED) is 0.524. The van der Waals surface area contributed by atoms with Crippen LogP contribution >= 0.6 is 0 Å². The maximum absolute atomic E-state index is 12.7. The summed E-state index contributed by atoms with van der Waals surface area (Å²) in [7, 11) is 3.25. The number of hydrogen-bond donors (Lipinski definition) is 2. The lowest BCUT2D eigenvalue weighted by Gasteiger charge is -2.29. The van der Waals surface area contributed by atoms with E-state index in [1.807, 2.05) is 24.3 Å². The fourth-order valence-electron chi connectivity index (χ4n) is 3.76. The van der Waals surface area contributed by atoms with Crippen molar-refractivity contribution in [1.29, 1.82) is 0 Å². The number of rotatable bonds is 8. The van der Waals surface area contributed by atoms with Gasteiger partial charge in [-0.2, -0.15) is 0 Å². The summed E-state index contributed by atoms with van der Waals surface area (Å²) in [5.74, 6) is 0.447. The van der Waals surface area contributed by atoms with Gasteiger partial charge >= 0.3 is 0 Å². The molecule has 1 heterocycles. The van der Waals surface area contributed by atoms with Gasteiger partial charge in [0, 0.05) is 30.8 Å². The van der Waals surface area contributed by atoms with Crippen molar-refractivity contribution in [3.63, 3.8) is 0 Å². The number of nitrogens with zero attached hydrogens (tertiary/aromatic N) is 2. The van der Waals surface area contributed by atoms with E-state index in [1.165, 1.54) is 6.07 Å². The minimum Gasteiger partial charge on any atom is -0.496 e. The molecule has 8 nitrogen and oxygen atoms in total. The van der Waals surface area contributed by atoms with Gasteiger partial charge in [0.1, 0.15) is 11.4 Å². The zero-order chi connectivity index (χ0) is 20.8. The Labute approximate surface area is 170 Å². The maximum Gasteiger partial charge on any atom is 0.293 e. The van der Waals surface area contributed by atoms with Crippen LogP contribution in [0.3, 0.4) is 0 Å². The predicted octanol–water partition coefficient (Wildman–Crippen LogP) is 3.21.